The zero-order valence-corrected chi connectivity index (χ0v) is 10.8. The molecule has 2 N–H and O–H groups in total. The lowest BCUT2D eigenvalue weighted by atomic mass is 10.2. The summed E-state index contributed by atoms with van der Waals surface area (Å²) >= 11 is 1.90. The van der Waals surface area contributed by atoms with Gasteiger partial charge in [0.1, 0.15) is 5.82 Å². The number of nitrogens with zero attached hydrogens (tertiary/aromatic N) is 1. The Morgan fingerprint density at radius 3 is 2.88 bits per heavy atom. The molecule has 3 nitrogen and oxygen atoms in total. The molecule has 1 saturated heterocycles. The van der Waals surface area contributed by atoms with Crippen LogP contribution in [0.1, 0.15) is 16.8 Å². The van der Waals surface area contributed by atoms with Gasteiger partial charge in [-0.05, 0) is 47.2 Å². The summed E-state index contributed by atoms with van der Waals surface area (Å²) in [6, 6.07) is 4.60. The van der Waals surface area contributed by atoms with E-state index in [2.05, 4.69) is 0 Å². The van der Waals surface area contributed by atoms with E-state index in [-0.39, 0.29) is 17.8 Å². The van der Waals surface area contributed by atoms with Crippen LogP contribution in [0.25, 0.3) is 0 Å². The zero-order valence-electron chi connectivity index (χ0n) is 8.62. The SMILES string of the molecule is N[C@@H]1CCN(C(=O)c2ccc(I)c(F)c2)C1. The Morgan fingerprint density at radius 1 is 1.56 bits per heavy atom. The standard InChI is InChI=1S/C11H12FIN2O/c12-9-5-7(1-2-10(9)13)11(16)15-4-3-8(14)6-15/h1-2,5,8H,3-4,6,14H2/t8-/m1/s1. The van der Waals surface area contributed by atoms with Gasteiger partial charge in [-0.25, -0.2) is 4.39 Å². The molecule has 1 amide bonds. The van der Waals surface area contributed by atoms with E-state index >= 15 is 0 Å². The van der Waals surface area contributed by atoms with Gasteiger partial charge in [0.2, 0.25) is 0 Å². The molecule has 86 valence electrons. The Bertz CT molecular complexity index is 424. The minimum atomic E-state index is -0.352. The second kappa shape index (κ2) is 4.67. The van der Waals surface area contributed by atoms with Crippen molar-refractivity contribution in [1.82, 2.24) is 4.90 Å². The summed E-state index contributed by atoms with van der Waals surface area (Å²) < 4.78 is 13.8. The number of carbonyl (C=O) groups excluding carboxylic acids is 1. The van der Waals surface area contributed by atoms with Gasteiger partial charge in [0.25, 0.3) is 5.91 Å². The molecule has 1 aromatic carbocycles. The highest BCUT2D eigenvalue weighted by Gasteiger charge is 2.24. The van der Waals surface area contributed by atoms with Gasteiger partial charge in [0.15, 0.2) is 0 Å². The normalized spacial score (nSPS) is 20.2. The van der Waals surface area contributed by atoms with Crippen molar-refractivity contribution in [1.29, 1.82) is 0 Å². The van der Waals surface area contributed by atoms with Crippen molar-refractivity contribution in [2.24, 2.45) is 5.73 Å². The maximum Gasteiger partial charge on any atom is 0.254 e. The molecule has 0 saturated carbocycles. The Kier molecular flexibility index (Phi) is 3.44. The first-order valence-corrected chi connectivity index (χ1v) is 6.15. The minimum Gasteiger partial charge on any atom is -0.337 e. The van der Waals surface area contributed by atoms with E-state index in [1.807, 2.05) is 22.6 Å². The number of nitrogens with two attached hydrogens (primary N) is 1. The first kappa shape index (κ1) is 11.8. The van der Waals surface area contributed by atoms with E-state index < -0.39 is 0 Å². The van der Waals surface area contributed by atoms with Gasteiger partial charge in [-0.1, -0.05) is 0 Å². The third kappa shape index (κ3) is 2.35. The fraction of sp³-hybridized carbons (Fsp3) is 0.364. The molecule has 0 bridgehead atoms. The third-order valence-electron chi connectivity index (χ3n) is 2.68. The number of amides is 1. The number of halogens is 2. The van der Waals surface area contributed by atoms with Crippen LogP contribution in [-0.4, -0.2) is 29.9 Å². The van der Waals surface area contributed by atoms with Crippen LogP contribution in [0.15, 0.2) is 18.2 Å². The number of likely N-dealkylation sites (tertiary alicyclic amines) is 1. The predicted molar refractivity (Wildman–Crippen MR) is 67.6 cm³/mol. The van der Waals surface area contributed by atoms with Crippen molar-refractivity contribution in [2.45, 2.75) is 12.5 Å². The molecule has 0 radical (unpaired) electrons. The quantitative estimate of drug-likeness (QED) is 0.793. The maximum absolute atomic E-state index is 13.3. The Balaban J connectivity index is 2.18. The van der Waals surface area contributed by atoms with E-state index in [1.165, 1.54) is 6.07 Å². The van der Waals surface area contributed by atoms with Crippen LogP contribution in [0.4, 0.5) is 4.39 Å². The number of hydrogen-bond acceptors (Lipinski definition) is 2. The summed E-state index contributed by atoms with van der Waals surface area (Å²) in [5, 5.41) is 0. The highest BCUT2D eigenvalue weighted by molar-refractivity contribution is 14.1. The number of benzene rings is 1. The molecule has 2 rings (SSSR count). The lowest BCUT2D eigenvalue weighted by Crippen LogP contribution is -2.31. The summed E-state index contributed by atoms with van der Waals surface area (Å²) in [6.45, 7) is 1.22. The van der Waals surface area contributed by atoms with Gasteiger partial charge in [-0.15, -0.1) is 0 Å². The van der Waals surface area contributed by atoms with E-state index in [0.29, 0.717) is 22.2 Å². The monoisotopic (exact) mass is 334 g/mol. The lowest BCUT2D eigenvalue weighted by molar-refractivity contribution is 0.0790. The second-order valence-corrected chi connectivity index (χ2v) is 5.09. The molecule has 1 fully saturated rings. The fourth-order valence-electron chi connectivity index (χ4n) is 1.78. The van der Waals surface area contributed by atoms with Gasteiger partial charge < -0.3 is 10.6 Å². The summed E-state index contributed by atoms with van der Waals surface area (Å²) in [6.07, 6.45) is 0.818. The average molecular weight is 334 g/mol. The average Bonchev–Trinajstić information content (AvgIpc) is 2.68. The van der Waals surface area contributed by atoms with Gasteiger partial charge in [0.05, 0.1) is 0 Å². The number of hydrogen-bond donors (Lipinski definition) is 1. The second-order valence-electron chi connectivity index (χ2n) is 3.93. The predicted octanol–water partition coefficient (Wildman–Crippen LogP) is 1.60. The molecular formula is C11H12FIN2O. The largest absolute Gasteiger partial charge is 0.337 e. The molecule has 1 aliphatic rings. The van der Waals surface area contributed by atoms with Gasteiger partial charge in [0, 0.05) is 28.3 Å². The summed E-state index contributed by atoms with van der Waals surface area (Å²) in [7, 11) is 0. The lowest BCUT2D eigenvalue weighted by Gasteiger charge is -2.15. The fourth-order valence-corrected chi connectivity index (χ4v) is 2.12. The Hall–Kier alpha value is -0.690. The highest BCUT2D eigenvalue weighted by atomic mass is 127. The van der Waals surface area contributed by atoms with Gasteiger partial charge in [-0.2, -0.15) is 0 Å². The van der Waals surface area contributed by atoms with Crippen LogP contribution in [0.2, 0.25) is 0 Å². The van der Waals surface area contributed by atoms with Crippen LogP contribution in [0, 0.1) is 9.39 Å². The minimum absolute atomic E-state index is 0.0534. The molecule has 0 spiro atoms. The van der Waals surface area contributed by atoms with Crippen molar-refractivity contribution >= 4 is 28.5 Å². The van der Waals surface area contributed by atoms with E-state index in [9.17, 15) is 9.18 Å². The van der Waals surface area contributed by atoms with Gasteiger partial charge in [-0.3, -0.25) is 4.79 Å². The van der Waals surface area contributed by atoms with Crippen molar-refractivity contribution in [3.63, 3.8) is 0 Å². The zero-order chi connectivity index (χ0) is 11.7. The maximum atomic E-state index is 13.3. The van der Waals surface area contributed by atoms with Crippen LogP contribution in [0.5, 0.6) is 0 Å². The van der Waals surface area contributed by atoms with Crippen LogP contribution in [0.3, 0.4) is 0 Å². The molecule has 16 heavy (non-hydrogen) atoms. The molecule has 0 unspecified atom stereocenters. The summed E-state index contributed by atoms with van der Waals surface area (Å²) in [5.74, 6) is -0.488. The molecule has 1 aromatic rings. The Labute approximate surface area is 107 Å². The smallest absolute Gasteiger partial charge is 0.254 e. The third-order valence-corrected chi connectivity index (χ3v) is 3.55. The van der Waals surface area contributed by atoms with Crippen molar-refractivity contribution < 1.29 is 9.18 Å². The number of carbonyl (C=O) groups is 1. The number of rotatable bonds is 1. The molecule has 1 heterocycles. The van der Waals surface area contributed by atoms with E-state index in [0.717, 1.165) is 6.42 Å². The van der Waals surface area contributed by atoms with E-state index in [1.54, 1.807) is 17.0 Å². The summed E-state index contributed by atoms with van der Waals surface area (Å²) in [4.78, 5) is 13.6. The topological polar surface area (TPSA) is 46.3 Å². The van der Waals surface area contributed by atoms with Crippen molar-refractivity contribution in [3.05, 3.63) is 33.1 Å². The van der Waals surface area contributed by atoms with Crippen LogP contribution >= 0.6 is 22.6 Å². The Morgan fingerprint density at radius 2 is 2.31 bits per heavy atom. The molecule has 0 aliphatic carbocycles. The highest BCUT2D eigenvalue weighted by Crippen LogP contribution is 2.16. The van der Waals surface area contributed by atoms with Crippen LogP contribution < -0.4 is 5.73 Å². The summed E-state index contributed by atoms with van der Waals surface area (Å²) in [5.41, 5.74) is 6.12. The molecule has 1 aliphatic heterocycles. The van der Waals surface area contributed by atoms with Crippen molar-refractivity contribution in [2.75, 3.05) is 13.1 Å². The van der Waals surface area contributed by atoms with Crippen molar-refractivity contribution in [3.8, 4) is 0 Å². The molecular weight excluding hydrogens is 322 g/mol. The molecule has 0 aromatic heterocycles. The van der Waals surface area contributed by atoms with Crippen LogP contribution in [-0.2, 0) is 0 Å². The molecule has 5 heteroatoms. The van der Waals surface area contributed by atoms with E-state index in [4.69, 9.17) is 5.73 Å². The first-order chi connectivity index (χ1) is 7.58. The van der Waals surface area contributed by atoms with Gasteiger partial charge >= 0.3 is 0 Å². The first-order valence-electron chi connectivity index (χ1n) is 5.08. The molecule has 1 atom stereocenters.